The molecule has 0 radical (unpaired) electrons. The third-order valence-corrected chi connectivity index (χ3v) is 7.24. The lowest BCUT2D eigenvalue weighted by Crippen LogP contribution is -2.42. The fourth-order valence-corrected chi connectivity index (χ4v) is 5.26. The third kappa shape index (κ3) is 5.14. The lowest BCUT2D eigenvalue weighted by atomic mass is 9.82. The molecular formula is C26H23ClF3N3O4. The Morgan fingerprint density at radius 3 is 2.41 bits per heavy atom. The Labute approximate surface area is 214 Å². The number of nitriles is 1. The summed E-state index contributed by atoms with van der Waals surface area (Å²) in [5.74, 6) is -0.584. The average molecular weight is 534 g/mol. The van der Waals surface area contributed by atoms with Crippen molar-refractivity contribution in [2.24, 2.45) is 11.8 Å². The molecule has 0 atom stereocenters. The highest BCUT2D eigenvalue weighted by Crippen LogP contribution is 2.34. The highest BCUT2D eigenvalue weighted by atomic mass is 35.5. The van der Waals surface area contributed by atoms with Crippen LogP contribution < -0.4 is 11.2 Å². The molecule has 0 saturated heterocycles. The number of ether oxygens (including phenoxy) is 1. The minimum Gasteiger partial charge on any atom is -0.469 e. The number of alkyl halides is 3. The van der Waals surface area contributed by atoms with E-state index in [4.69, 9.17) is 16.3 Å². The van der Waals surface area contributed by atoms with Crippen LogP contribution in [0.1, 0.15) is 42.4 Å². The maximum atomic E-state index is 13.6. The number of esters is 1. The monoisotopic (exact) mass is 533 g/mol. The van der Waals surface area contributed by atoms with Gasteiger partial charge in [-0.25, -0.2) is 4.79 Å². The normalized spacial score (nSPS) is 17.9. The first-order valence-corrected chi connectivity index (χ1v) is 12.0. The van der Waals surface area contributed by atoms with Gasteiger partial charge >= 0.3 is 17.8 Å². The van der Waals surface area contributed by atoms with E-state index in [1.807, 2.05) is 0 Å². The summed E-state index contributed by atoms with van der Waals surface area (Å²) in [7, 11) is 1.33. The zero-order valence-corrected chi connectivity index (χ0v) is 20.6. The van der Waals surface area contributed by atoms with Gasteiger partial charge in [-0.1, -0.05) is 29.8 Å². The van der Waals surface area contributed by atoms with Crippen molar-refractivity contribution in [1.29, 1.82) is 5.26 Å². The summed E-state index contributed by atoms with van der Waals surface area (Å²) < 4.78 is 47.6. The molecule has 4 rings (SSSR count). The van der Waals surface area contributed by atoms with E-state index in [2.05, 4.69) is 0 Å². The summed E-state index contributed by atoms with van der Waals surface area (Å²) in [4.78, 5) is 38.8. The zero-order valence-electron chi connectivity index (χ0n) is 19.8. The summed E-state index contributed by atoms with van der Waals surface area (Å²) in [6, 6.07) is 9.48. The van der Waals surface area contributed by atoms with Gasteiger partial charge in [-0.15, -0.1) is 0 Å². The van der Waals surface area contributed by atoms with Gasteiger partial charge in [0.15, 0.2) is 0 Å². The summed E-state index contributed by atoms with van der Waals surface area (Å²) in [6.07, 6.45) is -2.44. The molecule has 1 aromatic heterocycles. The van der Waals surface area contributed by atoms with Crippen LogP contribution >= 0.6 is 11.6 Å². The molecule has 0 N–H and O–H groups in total. The molecule has 1 fully saturated rings. The maximum absolute atomic E-state index is 13.6. The second-order valence-electron chi connectivity index (χ2n) is 9.11. The molecule has 194 valence electrons. The molecule has 0 unspecified atom stereocenters. The van der Waals surface area contributed by atoms with Gasteiger partial charge in [0.2, 0.25) is 0 Å². The summed E-state index contributed by atoms with van der Waals surface area (Å²) in [6.45, 7) is -0.293. The fraction of sp³-hybridized carbons (Fsp3) is 0.385. The number of aromatic nitrogens is 2. The number of halogens is 4. The Morgan fingerprint density at radius 1 is 1.11 bits per heavy atom. The number of rotatable bonds is 5. The van der Waals surface area contributed by atoms with E-state index >= 15 is 0 Å². The van der Waals surface area contributed by atoms with Crippen molar-refractivity contribution >= 4 is 28.5 Å². The third-order valence-electron chi connectivity index (χ3n) is 6.92. The van der Waals surface area contributed by atoms with E-state index in [0.717, 1.165) is 10.6 Å². The van der Waals surface area contributed by atoms with Gasteiger partial charge in [0.25, 0.3) is 5.56 Å². The van der Waals surface area contributed by atoms with Crippen LogP contribution in [0, 0.1) is 23.2 Å². The average Bonchev–Trinajstić information content (AvgIpc) is 2.88. The van der Waals surface area contributed by atoms with Crippen molar-refractivity contribution in [2.45, 2.75) is 44.9 Å². The van der Waals surface area contributed by atoms with Crippen molar-refractivity contribution in [1.82, 2.24) is 9.13 Å². The van der Waals surface area contributed by atoms with Gasteiger partial charge in [0, 0.05) is 6.54 Å². The molecular weight excluding hydrogens is 511 g/mol. The van der Waals surface area contributed by atoms with Crippen LogP contribution in [0.15, 0.2) is 46.0 Å². The second-order valence-corrected chi connectivity index (χ2v) is 9.52. The van der Waals surface area contributed by atoms with Crippen molar-refractivity contribution in [3.05, 3.63) is 78.9 Å². The lowest BCUT2D eigenvalue weighted by Gasteiger charge is -2.27. The van der Waals surface area contributed by atoms with Gasteiger partial charge < -0.3 is 4.74 Å². The number of hydrogen-bond acceptors (Lipinski definition) is 5. The molecule has 3 aromatic rings. The van der Waals surface area contributed by atoms with E-state index in [1.54, 1.807) is 6.07 Å². The largest absolute Gasteiger partial charge is 0.469 e. The van der Waals surface area contributed by atoms with Gasteiger partial charge in [-0.05, 0) is 55.4 Å². The topological polar surface area (TPSA) is 94.1 Å². The molecule has 0 bridgehead atoms. The molecule has 0 spiro atoms. The van der Waals surface area contributed by atoms with Crippen molar-refractivity contribution in [3.8, 4) is 6.07 Å². The standard InChI is InChI=1S/C26H23ClF3N3O4/c1-37-24(35)16-10-8-15(9-11-16)13-33-23(34)22-20(27)6-3-7-21(22)32(25(33)36)14-17-4-2-5-19(18(17)12-31)26(28,29)30/h2-7,15-16H,8-11,13-14H2,1H3/t15-,16-. The predicted octanol–water partition coefficient (Wildman–Crippen LogP) is 4.73. The van der Waals surface area contributed by atoms with E-state index in [0.29, 0.717) is 25.7 Å². The number of carbonyl (C=O) groups excluding carboxylic acids is 1. The molecule has 0 aliphatic heterocycles. The lowest BCUT2D eigenvalue weighted by molar-refractivity contribution is -0.146. The van der Waals surface area contributed by atoms with Crippen LogP contribution in [0.25, 0.3) is 10.9 Å². The van der Waals surface area contributed by atoms with E-state index in [-0.39, 0.29) is 52.4 Å². The highest BCUT2D eigenvalue weighted by molar-refractivity contribution is 6.35. The number of fused-ring (bicyclic) bond motifs is 1. The first-order valence-electron chi connectivity index (χ1n) is 11.7. The van der Waals surface area contributed by atoms with Crippen LogP contribution in [0.3, 0.4) is 0 Å². The summed E-state index contributed by atoms with van der Waals surface area (Å²) in [5.41, 5.74) is -2.84. The van der Waals surface area contributed by atoms with E-state index in [1.165, 1.54) is 42.0 Å². The number of methoxy groups -OCH3 is 1. The Balaban J connectivity index is 1.80. The Kier molecular flexibility index (Phi) is 7.46. The molecule has 7 nitrogen and oxygen atoms in total. The SMILES string of the molecule is COC(=O)[C@H]1CC[C@H](Cn2c(=O)c3c(Cl)cccc3n(Cc3cccc(C(F)(F)F)c3C#N)c2=O)CC1. The number of benzene rings is 2. The van der Waals surface area contributed by atoms with Crippen LogP contribution in [0.4, 0.5) is 13.2 Å². The minimum atomic E-state index is -4.75. The van der Waals surface area contributed by atoms with Crippen molar-refractivity contribution in [2.75, 3.05) is 7.11 Å². The fourth-order valence-electron chi connectivity index (χ4n) is 5.01. The van der Waals surface area contributed by atoms with Gasteiger partial charge in [0.05, 0.1) is 46.6 Å². The van der Waals surface area contributed by atoms with Crippen LogP contribution in [0.2, 0.25) is 5.02 Å². The van der Waals surface area contributed by atoms with Crippen LogP contribution in [-0.4, -0.2) is 22.2 Å². The molecule has 11 heteroatoms. The maximum Gasteiger partial charge on any atom is 0.417 e. The highest BCUT2D eigenvalue weighted by Gasteiger charge is 2.34. The smallest absolute Gasteiger partial charge is 0.417 e. The van der Waals surface area contributed by atoms with Crippen molar-refractivity contribution in [3.63, 3.8) is 0 Å². The van der Waals surface area contributed by atoms with Crippen LogP contribution in [-0.2, 0) is 28.8 Å². The first kappa shape index (κ1) is 26.5. The number of nitrogens with zero attached hydrogens (tertiary/aromatic N) is 3. The van der Waals surface area contributed by atoms with Crippen LogP contribution in [0.5, 0.6) is 0 Å². The molecule has 2 aromatic carbocycles. The molecule has 1 saturated carbocycles. The van der Waals surface area contributed by atoms with E-state index < -0.39 is 28.6 Å². The Bertz CT molecular complexity index is 1510. The Hall–Kier alpha value is -3.58. The second kappa shape index (κ2) is 10.4. The number of hydrogen-bond donors (Lipinski definition) is 0. The zero-order chi connectivity index (χ0) is 26.9. The molecule has 37 heavy (non-hydrogen) atoms. The van der Waals surface area contributed by atoms with Crippen molar-refractivity contribution < 1.29 is 22.7 Å². The van der Waals surface area contributed by atoms with E-state index in [9.17, 15) is 32.8 Å². The summed E-state index contributed by atoms with van der Waals surface area (Å²) >= 11 is 6.34. The van der Waals surface area contributed by atoms with Gasteiger partial charge in [-0.2, -0.15) is 18.4 Å². The molecule has 0 amide bonds. The van der Waals surface area contributed by atoms with Gasteiger partial charge in [0.1, 0.15) is 6.07 Å². The molecule has 1 aliphatic carbocycles. The quantitative estimate of drug-likeness (QED) is 0.442. The molecule has 1 aliphatic rings. The summed E-state index contributed by atoms with van der Waals surface area (Å²) in [5, 5.41) is 9.68. The van der Waals surface area contributed by atoms with Gasteiger partial charge in [-0.3, -0.25) is 18.7 Å². The molecule has 1 heterocycles. The Morgan fingerprint density at radius 2 is 1.78 bits per heavy atom. The predicted molar refractivity (Wildman–Crippen MR) is 130 cm³/mol. The first-order chi connectivity index (χ1) is 17.6. The number of carbonyl (C=O) groups is 1. The minimum absolute atomic E-state index is 0.00974.